The normalized spacial score (nSPS) is 16.4. The molecule has 0 unspecified atom stereocenters. The first-order valence-corrected chi connectivity index (χ1v) is 9.80. The molecule has 1 saturated heterocycles. The zero-order valence-electron chi connectivity index (χ0n) is 15.9. The molecule has 0 spiro atoms. The highest BCUT2D eigenvalue weighted by Gasteiger charge is 2.30. The zero-order valence-corrected chi connectivity index (χ0v) is 16.7. The Morgan fingerprint density at radius 3 is 2.75 bits per heavy atom. The molecule has 0 radical (unpaired) electrons. The summed E-state index contributed by atoms with van der Waals surface area (Å²) in [6.45, 7) is 2.16. The van der Waals surface area contributed by atoms with Crippen LogP contribution < -0.4 is 14.7 Å². The maximum atomic E-state index is 12.5. The van der Waals surface area contributed by atoms with E-state index in [1.54, 1.807) is 4.90 Å². The van der Waals surface area contributed by atoms with E-state index in [0.29, 0.717) is 35.5 Å². The minimum Gasteiger partial charge on any atom is -0.355 e. The van der Waals surface area contributed by atoms with Crippen LogP contribution in [0.1, 0.15) is 32.6 Å². The highest BCUT2D eigenvalue weighted by atomic mass is 35.5. The van der Waals surface area contributed by atoms with E-state index in [-0.39, 0.29) is 17.8 Å². The summed E-state index contributed by atoms with van der Waals surface area (Å²) in [6, 6.07) is 7.77. The molecule has 2 aliphatic rings. The Balaban J connectivity index is 1.71. The second kappa shape index (κ2) is 7.39. The Hall–Kier alpha value is -2.67. The number of benzene rings is 1. The number of hydrogen-bond acceptors (Lipinski definition) is 5. The topological polar surface area (TPSA) is 69.6 Å². The van der Waals surface area contributed by atoms with Crippen LogP contribution in [-0.4, -0.2) is 41.4 Å². The lowest BCUT2D eigenvalue weighted by Gasteiger charge is -2.24. The molecule has 2 heterocycles. The molecule has 1 saturated carbocycles. The lowest BCUT2D eigenvalue weighted by Crippen LogP contribution is -2.28. The van der Waals surface area contributed by atoms with Crippen molar-refractivity contribution >= 4 is 46.6 Å². The maximum absolute atomic E-state index is 12.5. The molecule has 2 fully saturated rings. The van der Waals surface area contributed by atoms with Crippen LogP contribution in [-0.2, 0) is 9.59 Å². The van der Waals surface area contributed by atoms with Gasteiger partial charge in [0.2, 0.25) is 17.8 Å². The lowest BCUT2D eigenvalue weighted by molar-refractivity contribution is -0.117. The van der Waals surface area contributed by atoms with Gasteiger partial charge >= 0.3 is 0 Å². The summed E-state index contributed by atoms with van der Waals surface area (Å²) in [4.78, 5) is 38.7. The first-order chi connectivity index (χ1) is 13.5. The molecule has 0 bridgehead atoms. The number of halogens is 1. The van der Waals surface area contributed by atoms with Gasteiger partial charge in [0, 0.05) is 38.7 Å². The van der Waals surface area contributed by atoms with Crippen LogP contribution >= 0.6 is 11.6 Å². The van der Waals surface area contributed by atoms with Crippen molar-refractivity contribution in [2.45, 2.75) is 38.6 Å². The van der Waals surface area contributed by atoms with E-state index in [4.69, 9.17) is 11.6 Å². The van der Waals surface area contributed by atoms with Crippen molar-refractivity contribution < 1.29 is 9.59 Å². The predicted molar refractivity (Wildman–Crippen MR) is 109 cm³/mol. The van der Waals surface area contributed by atoms with Gasteiger partial charge in [-0.1, -0.05) is 17.7 Å². The van der Waals surface area contributed by atoms with E-state index in [2.05, 4.69) is 9.97 Å². The van der Waals surface area contributed by atoms with Crippen LogP contribution in [0.4, 0.5) is 23.1 Å². The van der Waals surface area contributed by atoms with Gasteiger partial charge in [0.15, 0.2) is 5.82 Å². The van der Waals surface area contributed by atoms with E-state index < -0.39 is 0 Å². The fourth-order valence-electron chi connectivity index (χ4n) is 3.50. The molecular weight excluding hydrogens is 378 g/mol. The number of rotatable bonds is 5. The van der Waals surface area contributed by atoms with Crippen LogP contribution in [0.25, 0.3) is 0 Å². The molecule has 1 aliphatic heterocycles. The second-order valence-electron chi connectivity index (χ2n) is 7.21. The van der Waals surface area contributed by atoms with Crippen molar-refractivity contribution in [3.05, 3.63) is 35.5 Å². The smallest absolute Gasteiger partial charge is 0.238 e. The van der Waals surface area contributed by atoms with Crippen LogP contribution in [0.2, 0.25) is 5.02 Å². The maximum Gasteiger partial charge on any atom is 0.238 e. The standard InChI is InChI=1S/C20H22ClN5O2/c1-13(27)26(16-6-3-5-15(11-16)25-10-4-7-18(25)28)20-22-12-17(21)19(23-20)24(2)14-8-9-14/h3,5-6,11-12,14H,4,7-10H2,1-2H3. The summed E-state index contributed by atoms with van der Waals surface area (Å²) in [5.41, 5.74) is 1.39. The van der Waals surface area contributed by atoms with Gasteiger partial charge in [0.1, 0.15) is 5.02 Å². The molecule has 7 nitrogen and oxygen atoms in total. The number of aromatic nitrogens is 2. The molecular formula is C20H22ClN5O2. The lowest BCUT2D eigenvalue weighted by atomic mass is 10.2. The van der Waals surface area contributed by atoms with Crippen LogP contribution in [0, 0.1) is 0 Å². The molecule has 146 valence electrons. The minimum absolute atomic E-state index is 0.0996. The Labute approximate surface area is 168 Å². The van der Waals surface area contributed by atoms with Gasteiger partial charge in [-0.25, -0.2) is 9.88 Å². The molecule has 28 heavy (non-hydrogen) atoms. The number of carbonyl (C=O) groups excluding carboxylic acids is 2. The third-order valence-electron chi connectivity index (χ3n) is 5.13. The van der Waals surface area contributed by atoms with Gasteiger partial charge in [-0.3, -0.25) is 9.59 Å². The molecule has 4 rings (SSSR count). The van der Waals surface area contributed by atoms with Gasteiger partial charge < -0.3 is 9.80 Å². The van der Waals surface area contributed by atoms with Crippen LogP contribution in [0.5, 0.6) is 0 Å². The molecule has 2 amide bonds. The zero-order chi connectivity index (χ0) is 19.8. The van der Waals surface area contributed by atoms with Gasteiger partial charge in [-0.05, 0) is 37.5 Å². The molecule has 0 atom stereocenters. The first-order valence-electron chi connectivity index (χ1n) is 9.42. The van der Waals surface area contributed by atoms with Crippen molar-refractivity contribution in [1.82, 2.24) is 9.97 Å². The predicted octanol–water partition coefficient (Wildman–Crippen LogP) is 3.54. The van der Waals surface area contributed by atoms with Gasteiger partial charge in [-0.15, -0.1) is 0 Å². The number of anilines is 4. The van der Waals surface area contributed by atoms with Crippen molar-refractivity contribution in [2.24, 2.45) is 0 Å². The average Bonchev–Trinajstić information content (AvgIpc) is 3.43. The Morgan fingerprint density at radius 1 is 1.32 bits per heavy atom. The van der Waals surface area contributed by atoms with E-state index in [1.807, 2.05) is 36.2 Å². The fourth-order valence-corrected chi connectivity index (χ4v) is 3.72. The molecule has 2 aromatic rings. The molecule has 0 N–H and O–H groups in total. The number of nitrogens with zero attached hydrogens (tertiary/aromatic N) is 5. The van der Waals surface area contributed by atoms with Crippen molar-refractivity contribution in [1.29, 1.82) is 0 Å². The molecule has 1 aliphatic carbocycles. The summed E-state index contributed by atoms with van der Waals surface area (Å²) < 4.78 is 0. The first kappa shape index (κ1) is 18.7. The van der Waals surface area contributed by atoms with Crippen molar-refractivity contribution in [3.8, 4) is 0 Å². The molecule has 8 heteroatoms. The Morgan fingerprint density at radius 2 is 2.11 bits per heavy atom. The number of carbonyl (C=O) groups is 2. The van der Waals surface area contributed by atoms with Crippen molar-refractivity contribution in [2.75, 3.05) is 28.3 Å². The van der Waals surface area contributed by atoms with E-state index in [0.717, 1.165) is 24.9 Å². The Bertz CT molecular complexity index is 931. The minimum atomic E-state index is -0.216. The highest BCUT2D eigenvalue weighted by Crippen LogP contribution is 2.35. The summed E-state index contributed by atoms with van der Waals surface area (Å²) in [5.74, 6) is 0.769. The third-order valence-corrected chi connectivity index (χ3v) is 5.40. The van der Waals surface area contributed by atoms with Crippen LogP contribution in [0.15, 0.2) is 30.5 Å². The summed E-state index contributed by atoms with van der Waals surface area (Å²) in [7, 11) is 1.95. The quantitative estimate of drug-likeness (QED) is 0.769. The molecule has 1 aromatic carbocycles. The SMILES string of the molecule is CC(=O)N(c1cccc(N2CCCC2=O)c1)c1ncc(Cl)c(N(C)C2CC2)n1. The van der Waals surface area contributed by atoms with Gasteiger partial charge in [0.25, 0.3) is 0 Å². The number of amides is 2. The number of hydrogen-bond donors (Lipinski definition) is 0. The summed E-state index contributed by atoms with van der Waals surface area (Å²) in [6.07, 6.45) is 5.14. The van der Waals surface area contributed by atoms with E-state index in [9.17, 15) is 9.59 Å². The average molecular weight is 400 g/mol. The fraction of sp³-hybridized carbons (Fsp3) is 0.400. The summed E-state index contributed by atoms with van der Waals surface area (Å²) in [5, 5.41) is 0.457. The molecule has 1 aromatic heterocycles. The van der Waals surface area contributed by atoms with E-state index in [1.165, 1.54) is 18.0 Å². The second-order valence-corrected chi connectivity index (χ2v) is 7.61. The largest absolute Gasteiger partial charge is 0.355 e. The third kappa shape index (κ3) is 3.54. The van der Waals surface area contributed by atoms with Gasteiger partial charge in [0.05, 0.1) is 11.9 Å². The van der Waals surface area contributed by atoms with Crippen LogP contribution in [0.3, 0.4) is 0 Å². The monoisotopic (exact) mass is 399 g/mol. The highest BCUT2D eigenvalue weighted by molar-refractivity contribution is 6.32. The van der Waals surface area contributed by atoms with E-state index >= 15 is 0 Å². The van der Waals surface area contributed by atoms with Crippen molar-refractivity contribution in [3.63, 3.8) is 0 Å². The Kier molecular flexibility index (Phi) is 4.93. The van der Waals surface area contributed by atoms with Gasteiger partial charge in [-0.2, -0.15) is 4.98 Å². The summed E-state index contributed by atoms with van der Waals surface area (Å²) >= 11 is 6.31.